The Bertz CT molecular complexity index is 474. The summed E-state index contributed by atoms with van der Waals surface area (Å²) < 4.78 is 0. The summed E-state index contributed by atoms with van der Waals surface area (Å²) in [6.45, 7) is 4.76. The zero-order valence-electron chi connectivity index (χ0n) is 17.4. The van der Waals surface area contributed by atoms with E-state index in [1.807, 2.05) is 0 Å². The number of hydrogen-bond donors (Lipinski definition) is 5. The molecule has 0 aliphatic heterocycles. The number of aliphatic hydroxyl groups excluding tert-OH is 2. The summed E-state index contributed by atoms with van der Waals surface area (Å²) in [5.41, 5.74) is 0. The maximum absolute atomic E-state index is 12.2. The van der Waals surface area contributed by atoms with Gasteiger partial charge in [0.25, 0.3) is 0 Å². The Labute approximate surface area is 196 Å². The second-order valence-electron chi connectivity index (χ2n) is 7.43. The van der Waals surface area contributed by atoms with E-state index in [1.165, 1.54) is 46.0 Å². The van der Waals surface area contributed by atoms with Crippen LogP contribution < -0.4 is 10.6 Å². The van der Waals surface area contributed by atoms with Gasteiger partial charge >= 0.3 is 35.5 Å². The van der Waals surface area contributed by atoms with Crippen LogP contribution in [0, 0.1) is 0 Å². The Hall–Kier alpha value is -0.670. The van der Waals surface area contributed by atoms with Crippen LogP contribution in [0.3, 0.4) is 0 Å². The van der Waals surface area contributed by atoms with Crippen molar-refractivity contribution in [1.82, 2.24) is 10.6 Å². The Balaban J connectivity index is 0. The molecule has 0 saturated heterocycles. The molecule has 0 aliphatic rings. The fourth-order valence-electron chi connectivity index (χ4n) is 2.88. The zero-order chi connectivity index (χ0) is 21.5. The molecule has 29 heavy (non-hydrogen) atoms. The molecule has 9 heteroatoms. The fourth-order valence-corrected chi connectivity index (χ4v) is 2.88. The monoisotopic (exact) mass is 426 g/mol. The second kappa shape index (κ2) is 18.1. The topological polar surface area (TPSA) is 136 Å². The van der Waals surface area contributed by atoms with Crippen molar-refractivity contribution in [3.8, 4) is 0 Å². The summed E-state index contributed by atoms with van der Waals surface area (Å²) in [5, 5.41) is 32.8. The van der Waals surface area contributed by atoms with Gasteiger partial charge in [0.2, 0.25) is 11.8 Å². The third-order valence-corrected chi connectivity index (χ3v) is 4.63. The molecule has 4 unspecified atom stereocenters. The van der Waals surface area contributed by atoms with Gasteiger partial charge in [0.1, 0.15) is 6.04 Å². The van der Waals surface area contributed by atoms with E-state index in [0.29, 0.717) is 6.42 Å². The molecule has 166 valence electrons. The van der Waals surface area contributed by atoms with Crippen LogP contribution >= 0.6 is 0 Å². The molecule has 0 heterocycles. The van der Waals surface area contributed by atoms with Crippen LogP contribution in [-0.2, 0) is 14.4 Å². The third kappa shape index (κ3) is 14.9. The number of aliphatic hydroxyl groups is 2. The number of carboxylic acids is 1. The van der Waals surface area contributed by atoms with Crippen molar-refractivity contribution in [2.24, 2.45) is 0 Å². The van der Waals surface area contributed by atoms with Gasteiger partial charge in [-0.1, -0.05) is 58.3 Å². The molecule has 5 N–H and O–H groups in total. The molecule has 0 aromatic rings. The van der Waals surface area contributed by atoms with E-state index in [9.17, 15) is 24.6 Å². The van der Waals surface area contributed by atoms with Crippen LogP contribution in [0.5, 0.6) is 0 Å². The number of aliphatic carboxylic acids is 1. The third-order valence-electron chi connectivity index (χ3n) is 4.63. The van der Waals surface area contributed by atoms with E-state index in [4.69, 9.17) is 5.11 Å². The number of unbranched alkanes of at least 4 members (excludes halogenated alkanes) is 8. The van der Waals surface area contributed by atoms with Crippen LogP contribution in [0.1, 0.15) is 85.0 Å². The minimum atomic E-state index is -1.51. The first-order valence-electron chi connectivity index (χ1n) is 10.4. The maximum atomic E-state index is 12.2. The van der Waals surface area contributed by atoms with Crippen molar-refractivity contribution in [3.05, 3.63) is 0 Å². The molecule has 0 rings (SSSR count). The van der Waals surface area contributed by atoms with E-state index in [0.717, 1.165) is 19.3 Å². The molecule has 8 nitrogen and oxygen atoms in total. The first-order valence-corrected chi connectivity index (χ1v) is 10.4. The average molecular weight is 427 g/mol. The Morgan fingerprint density at radius 2 is 1.21 bits per heavy atom. The zero-order valence-corrected chi connectivity index (χ0v) is 17.4. The van der Waals surface area contributed by atoms with Gasteiger partial charge in [0.05, 0.1) is 12.2 Å². The fraction of sp³-hybridized carbons (Fsp3) is 0.850. The number of amides is 2. The summed E-state index contributed by atoms with van der Waals surface area (Å²) in [4.78, 5) is 35.3. The number of nitrogens with one attached hydrogen (secondary N) is 2. The predicted octanol–water partition coefficient (Wildman–Crippen LogP) is 1.07. The Morgan fingerprint density at radius 3 is 1.62 bits per heavy atom. The quantitative estimate of drug-likeness (QED) is 0.185. The van der Waals surface area contributed by atoms with Crippen LogP contribution in [0.15, 0.2) is 0 Å². The average Bonchev–Trinajstić information content (AvgIpc) is 2.61. The summed E-state index contributed by atoms with van der Waals surface area (Å²) in [6.07, 6.45) is 7.83. The molecular weight excluding hydrogens is 387 g/mol. The molecule has 2 amide bonds. The van der Waals surface area contributed by atoms with Gasteiger partial charge in [0, 0.05) is 6.42 Å². The van der Waals surface area contributed by atoms with Crippen LogP contribution in [0.4, 0.5) is 0 Å². The molecule has 0 saturated carbocycles. The summed E-state index contributed by atoms with van der Waals surface area (Å²) in [5.74, 6) is -2.61. The van der Waals surface area contributed by atoms with E-state index in [-0.39, 0.29) is 41.9 Å². The van der Waals surface area contributed by atoms with Gasteiger partial charge in [-0.2, -0.15) is 0 Å². The molecular formula is C20H39N2NaO6. The van der Waals surface area contributed by atoms with Crippen LogP contribution in [0.2, 0.25) is 0 Å². The SMILES string of the molecule is CCCCCCCCCCCC(=O)NC(C(=O)NC(C(=O)O)C(C)O)C(C)O.[NaH]. The molecule has 0 fully saturated rings. The summed E-state index contributed by atoms with van der Waals surface area (Å²) in [7, 11) is 0. The number of rotatable bonds is 16. The minimum absolute atomic E-state index is 0. The molecule has 0 aromatic heterocycles. The summed E-state index contributed by atoms with van der Waals surface area (Å²) >= 11 is 0. The van der Waals surface area contributed by atoms with Crippen LogP contribution in [-0.4, -0.2) is 87.0 Å². The standard InChI is InChI=1S/C20H38N2O6.Na.H/c1-4-5-6-7-8-9-10-11-12-13-16(25)21-17(14(2)23)19(26)22-18(15(3)24)20(27)28;;/h14-15,17-18,23-24H,4-13H2,1-3H3,(H,21,25)(H,22,26)(H,27,28);;. The van der Waals surface area contributed by atoms with Crippen molar-refractivity contribution in [2.75, 3.05) is 0 Å². The van der Waals surface area contributed by atoms with E-state index in [2.05, 4.69) is 17.6 Å². The first kappa shape index (κ1) is 30.5. The van der Waals surface area contributed by atoms with Gasteiger partial charge in [0.15, 0.2) is 6.04 Å². The van der Waals surface area contributed by atoms with Crippen molar-refractivity contribution < 1.29 is 29.7 Å². The van der Waals surface area contributed by atoms with Gasteiger partial charge in [-0.25, -0.2) is 4.79 Å². The molecule has 0 bridgehead atoms. The number of carboxylic acid groups (broad SMARTS) is 1. The van der Waals surface area contributed by atoms with Gasteiger partial charge in [-0.15, -0.1) is 0 Å². The normalized spacial score (nSPS) is 14.8. The molecule has 4 atom stereocenters. The number of carbonyl (C=O) groups excluding carboxylic acids is 2. The molecule has 0 aromatic carbocycles. The Morgan fingerprint density at radius 1 is 0.759 bits per heavy atom. The van der Waals surface area contributed by atoms with Crippen molar-refractivity contribution in [3.63, 3.8) is 0 Å². The number of carbonyl (C=O) groups is 3. The van der Waals surface area contributed by atoms with Gasteiger partial charge in [-0.05, 0) is 20.3 Å². The number of hydrogen-bond acceptors (Lipinski definition) is 5. The molecule has 0 aliphatic carbocycles. The van der Waals surface area contributed by atoms with Gasteiger partial charge < -0.3 is 26.0 Å². The predicted molar refractivity (Wildman–Crippen MR) is 114 cm³/mol. The molecule has 0 radical (unpaired) electrons. The van der Waals surface area contributed by atoms with Crippen molar-refractivity contribution in [2.45, 2.75) is 109 Å². The molecule has 0 spiro atoms. The van der Waals surface area contributed by atoms with E-state index < -0.39 is 36.2 Å². The van der Waals surface area contributed by atoms with Crippen molar-refractivity contribution >= 4 is 47.3 Å². The van der Waals surface area contributed by atoms with Crippen molar-refractivity contribution in [1.29, 1.82) is 0 Å². The summed E-state index contributed by atoms with van der Waals surface area (Å²) in [6, 6.07) is -2.78. The first-order chi connectivity index (χ1) is 13.2. The Kier molecular flexibility index (Phi) is 19.1. The van der Waals surface area contributed by atoms with Crippen LogP contribution in [0.25, 0.3) is 0 Å². The van der Waals surface area contributed by atoms with E-state index >= 15 is 0 Å². The second-order valence-corrected chi connectivity index (χ2v) is 7.43. The van der Waals surface area contributed by atoms with Gasteiger partial charge in [-0.3, -0.25) is 9.59 Å². The van der Waals surface area contributed by atoms with E-state index in [1.54, 1.807) is 0 Å².